The summed E-state index contributed by atoms with van der Waals surface area (Å²) in [7, 11) is -3.61. The minimum Gasteiger partial charge on any atom is -0.332 e. The van der Waals surface area contributed by atoms with E-state index in [-0.39, 0.29) is 5.03 Å². The van der Waals surface area contributed by atoms with E-state index >= 15 is 0 Å². The van der Waals surface area contributed by atoms with Gasteiger partial charge in [-0.25, -0.2) is 4.98 Å². The van der Waals surface area contributed by atoms with Gasteiger partial charge in [0.25, 0.3) is 10.0 Å². The number of imidazole rings is 1. The highest BCUT2D eigenvalue weighted by Crippen LogP contribution is 2.15. The van der Waals surface area contributed by atoms with Crippen molar-refractivity contribution in [3.63, 3.8) is 0 Å². The van der Waals surface area contributed by atoms with Crippen molar-refractivity contribution in [2.45, 2.75) is 18.4 Å². The van der Waals surface area contributed by atoms with Gasteiger partial charge in [-0.15, -0.1) is 0 Å². The summed E-state index contributed by atoms with van der Waals surface area (Å²) in [6.45, 7) is 2.26. The van der Waals surface area contributed by atoms with Crippen LogP contribution in [0.2, 0.25) is 0 Å². The fraction of sp³-hybridized carbons (Fsp3) is 0.250. The molecule has 7 heteroatoms. The van der Waals surface area contributed by atoms with E-state index in [2.05, 4.69) is 14.7 Å². The Hall–Kier alpha value is -1.86. The molecule has 0 atom stereocenters. The molecule has 0 saturated heterocycles. The van der Waals surface area contributed by atoms with E-state index in [1.165, 1.54) is 6.20 Å². The highest BCUT2D eigenvalue weighted by Gasteiger charge is 2.16. The first kappa shape index (κ1) is 13.6. The average molecular weight is 280 g/mol. The molecule has 1 heterocycles. The number of sulfonamides is 1. The molecule has 0 aliphatic carbocycles. The number of nitrogens with two attached hydrogens (primary N) is 1. The summed E-state index contributed by atoms with van der Waals surface area (Å²) in [5.74, 6) is 0.554. The molecule has 0 fully saturated rings. The molecule has 0 radical (unpaired) electrons. The molecule has 19 heavy (non-hydrogen) atoms. The van der Waals surface area contributed by atoms with Crippen molar-refractivity contribution in [2.75, 3.05) is 11.3 Å². The zero-order valence-electron chi connectivity index (χ0n) is 10.6. The van der Waals surface area contributed by atoms with E-state index in [0.29, 0.717) is 18.1 Å². The molecule has 2 rings (SSSR count). The lowest BCUT2D eigenvalue weighted by molar-refractivity contribution is 0.598. The number of aromatic amines is 1. The van der Waals surface area contributed by atoms with Crippen LogP contribution in [0.5, 0.6) is 0 Å². The Labute approximate surface area is 112 Å². The Bertz CT molecular complexity index is 647. The minimum absolute atomic E-state index is 0.0519. The third kappa shape index (κ3) is 3.33. The second-order valence-electron chi connectivity index (χ2n) is 4.17. The number of hydrogen-bond acceptors (Lipinski definition) is 4. The number of hydrogen-bond donors (Lipinski definition) is 3. The predicted octanol–water partition coefficient (Wildman–Crippen LogP) is 1.02. The minimum atomic E-state index is -3.61. The molecular weight excluding hydrogens is 264 g/mol. The van der Waals surface area contributed by atoms with E-state index in [0.717, 1.165) is 12.0 Å². The van der Waals surface area contributed by atoms with Crippen molar-refractivity contribution in [1.82, 2.24) is 9.97 Å². The van der Waals surface area contributed by atoms with Crippen molar-refractivity contribution < 1.29 is 8.42 Å². The number of aromatic nitrogens is 2. The van der Waals surface area contributed by atoms with E-state index in [1.807, 2.05) is 12.1 Å². The molecule has 4 N–H and O–H groups in total. The summed E-state index contributed by atoms with van der Waals surface area (Å²) in [6.07, 6.45) is 2.06. The van der Waals surface area contributed by atoms with Gasteiger partial charge in [0, 0.05) is 5.69 Å². The summed E-state index contributed by atoms with van der Waals surface area (Å²) in [6, 6.07) is 7.13. The Balaban J connectivity index is 2.16. The van der Waals surface area contributed by atoms with E-state index in [9.17, 15) is 8.42 Å². The summed E-state index contributed by atoms with van der Waals surface area (Å²) >= 11 is 0. The Morgan fingerprint density at radius 1 is 1.32 bits per heavy atom. The van der Waals surface area contributed by atoms with Gasteiger partial charge in [0.2, 0.25) is 0 Å². The number of aryl methyl sites for hydroxylation is 1. The van der Waals surface area contributed by atoms with Crippen molar-refractivity contribution in [3.8, 4) is 0 Å². The maximum atomic E-state index is 12.0. The first-order valence-corrected chi connectivity index (χ1v) is 7.33. The highest BCUT2D eigenvalue weighted by molar-refractivity contribution is 7.92. The molecule has 0 saturated carbocycles. The van der Waals surface area contributed by atoms with Crippen molar-refractivity contribution in [3.05, 3.63) is 41.9 Å². The van der Waals surface area contributed by atoms with Crippen LogP contribution in [0.25, 0.3) is 0 Å². The number of nitrogens with zero attached hydrogens (tertiary/aromatic N) is 1. The van der Waals surface area contributed by atoms with Gasteiger partial charge in [0.05, 0.1) is 6.20 Å². The summed E-state index contributed by atoms with van der Waals surface area (Å²) < 4.78 is 26.5. The van der Waals surface area contributed by atoms with Crippen LogP contribution < -0.4 is 10.5 Å². The monoisotopic (exact) mass is 280 g/mol. The number of rotatable bonds is 5. The van der Waals surface area contributed by atoms with Gasteiger partial charge in [-0.2, -0.15) is 8.42 Å². The normalized spacial score (nSPS) is 11.5. The maximum absolute atomic E-state index is 12.0. The molecule has 0 aliphatic heterocycles. The third-order valence-electron chi connectivity index (χ3n) is 2.61. The SMILES string of the molecule is Cc1ncc(S(=O)(=O)Nc2ccc(CCN)cc2)[nH]1. The van der Waals surface area contributed by atoms with Gasteiger partial charge in [-0.3, -0.25) is 4.72 Å². The molecule has 1 aromatic heterocycles. The number of benzene rings is 1. The lowest BCUT2D eigenvalue weighted by Gasteiger charge is -2.07. The van der Waals surface area contributed by atoms with Crippen LogP contribution in [0, 0.1) is 6.92 Å². The van der Waals surface area contributed by atoms with Crippen LogP contribution in [0.3, 0.4) is 0 Å². The summed E-state index contributed by atoms with van der Waals surface area (Å²) in [4.78, 5) is 6.56. The number of nitrogens with one attached hydrogen (secondary N) is 2. The van der Waals surface area contributed by atoms with Gasteiger partial charge in [-0.05, 0) is 37.6 Å². The number of H-pyrrole nitrogens is 1. The van der Waals surface area contributed by atoms with E-state index in [4.69, 9.17) is 5.73 Å². The number of anilines is 1. The first-order valence-electron chi connectivity index (χ1n) is 5.85. The van der Waals surface area contributed by atoms with Crippen LogP contribution in [0.1, 0.15) is 11.4 Å². The fourth-order valence-electron chi connectivity index (χ4n) is 1.65. The van der Waals surface area contributed by atoms with Crippen molar-refractivity contribution >= 4 is 15.7 Å². The smallest absolute Gasteiger partial charge is 0.278 e. The topological polar surface area (TPSA) is 101 Å². The zero-order chi connectivity index (χ0) is 13.9. The van der Waals surface area contributed by atoms with Crippen molar-refractivity contribution in [1.29, 1.82) is 0 Å². The van der Waals surface area contributed by atoms with Gasteiger partial charge >= 0.3 is 0 Å². The second-order valence-corrected chi connectivity index (χ2v) is 5.82. The molecule has 0 unspecified atom stereocenters. The van der Waals surface area contributed by atoms with Gasteiger partial charge < -0.3 is 10.7 Å². The molecule has 0 aliphatic rings. The molecule has 6 nitrogen and oxygen atoms in total. The molecule has 2 aromatic rings. The molecule has 0 bridgehead atoms. The first-order chi connectivity index (χ1) is 9.01. The summed E-state index contributed by atoms with van der Waals surface area (Å²) in [5.41, 5.74) is 7.04. The van der Waals surface area contributed by atoms with Crippen LogP contribution >= 0.6 is 0 Å². The van der Waals surface area contributed by atoms with Crippen LogP contribution in [0.4, 0.5) is 5.69 Å². The average Bonchev–Trinajstić information content (AvgIpc) is 2.79. The standard InChI is InChI=1S/C12H16N4O2S/c1-9-14-8-12(15-9)19(17,18)16-11-4-2-10(3-5-11)6-7-13/h2-5,8,16H,6-7,13H2,1H3,(H,14,15). The Morgan fingerprint density at radius 2 is 2.00 bits per heavy atom. The molecular formula is C12H16N4O2S. The zero-order valence-corrected chi connectivity index (χ0v) is 11.4. The van der Waals surface area contributed by atoms with E-state index < -0.39 is 10.0 Å². The Kier molecular flexibility index (Phi) is 3.87. The van der Waals surface area contributed by atoms with Crippen LogP contribution in [-0.4, -0.2) is 24.9 Å². The summed E-state index contributed by atoms with van der Waals surface area (Å²) in [5, 5.41) is 0.0519. The quantitative estimate of drug-likeness (QED) is 0.761. The van der Waals surface area contributed by atoms with E-state index in [1.54, 1.807) is 19.1 Å². The maximum Gasteiger partial charge on any atom is 0.278 e. The molecule has 102 valence electrons. The van der Waals surface area contributed by atoms with Crippen LogP contribution in [0.15, 0.2) is 35.5 Å². The van der Waals surface area contributed by atoms with Crippen molar-refractivity contribution in [2.24, 2.45) is 5.73 Å². The predicted molar refractivity (Wildman–Crippen MR) is 73.3 cm³/mol. The van der Waals surface area contributed by atoms with Gasteiger partial charge in [0.15, 0.2) is 5.03 Å². The Morgan fingerprint density at radius 3 is 2.53 bits per heavy atom. The molecule has 1 aromatic carbocycles. The fourth-order valence-corrected chi connectivity index (χ4v) is 2.68. The largest absolute Gasteiger partial charge is 0.332 e. The third-order valence-corrected chi connectivity index (χ3v) is 3.90. The lowest BCUT2D eigenvalue weighted by Crippen LogP contribution is -2.13. The lowest BCUT2D eigenvalue weighted by atomic mass is 10.1. The van der Waals surface area contributed by atoms with Crippen LogP contribution in [-0.2, 0) is 16.4 Å². The highest BCUT2D eigenvalue weighted by atomic mass is 32.2. The van der Waals surface area contributed by atoms with Gasteiger partial charge in [0.1, 0.15) is 5.82 Å². The molecule has 0 spiro atoms. The molecule has 0 amide bonds. The second kappa shape index (κ2) is 5.41. The van der Waals surface area contributed by atoms with Gasteiger partial charge in [-0.1, -0.05) is 12.1 Å².